The van der Waals surface area contributed by atoms with E-state index >= 15 is 0 Å². The molecule has 0 saturated carbocycles. The van der Waals surface area contributed by atoms with Crippen LogP contribution in [0.15, 0.2) is 101 Å². The second kappa shape index (κ2) is 6.31. The fraction of sp³-hybridized carbons (Fsp3) is 0.105. The zero-order valence-corrected chi connectivity index (χ0v) is 12.5. The smallest absolute Gasteiger partial charge is 0.190 e. The van der Waals surface area contributed by atoms with Crippen LogP contribution in [0.5, 0.6) is 0 Å². The molecule has 3 aromatic rings. The third-order valence-corrected chi connectivity index (χ3v) is 3.69. The van der Waals surface area contributed by atoms with Crippen LogP contribution in [0.1, 0.15) is 11.1 Å². The maximum Gasteiger partial charge on any atom is 0.330 e. The average molecular weight is 288 g/mol. The third-order valence-electron chi connectivity index (χ3n) is 3.69. The predicted octanol–water partition coefficient (Wildman–Crippen LogP) is 3.81. The maximum atomic E-state index is 4.65. The summed E-state index contributed by atoms with van der Waals surface area (Å²) in [5.41, 5.74) is 1.45. The van der Waals surface area contributed by atoms with Crippen LogP contribution in [0.2, 0.25) is 0 Å². The molecule has 3 nitrogen and oxygen atoms in total. The number of azo groups is 1. The standard InChI is InChI=1S/C19H18N3/c1-20-21-19(17-11-5-2-6-12-17,18-13-7-3-8-14-18)22-15-9-4-10-16-22/h2-16H,1H3/q+1. The first kappa shape index (κ1) is 14.1. The molecule has 0 spiro atoms. The van der Waals surface area contributed by atoms with Crippen LogP contribution in [-0.2, 0) is 5.66 Å². The van der Waals surface area contributed by atoms with Crippen molar-refractivity contribution in [3.05, 3.63) is 102 Å². The minimum atomic E-state index is -0.696. The summed E-state index contributed by atoms with van der Waals surface area (Å²) in [6.07, 6.45) is 4.04. The van der Waals surface area contributed by atoms with Gasteiger partial charge in [-0.25, -0.2) is 0 Å². The van der Waals surface area contributed by atoms with E-state index in [0.717, 1.165) is 11.1 Å². The summed E-state index contributed by atoms with van der Waals surface area (Å²) in [6, 6.07) is 26.5. The van der Waals surface area contributed by atoms with Gasteiger partial charge in [-0.2, -0.15) is 9.68 Å². The molecule has 0 bridgehead atoms. The Labute approximate surface area is 130 Å². The van der Waals surface area contributed by atoms with Gasteiger partial charge >= 0.3 is 5.66 Å². The van der Waals surface area contributed by atoms with Gasteiger partial charge in [0, 0.05) is 19.2 Å². The minimum Gasteiger partial charge on any atom is -0.190 e. The van der Waals surface area contributed by atoms with Crippen molar-refractivity contribution < 1.29 is 4.57 Å². The highest BCUT2D eigenvalue weighted by molar-refractivity contribution is 5.35. The lowest BCUT2D eigenvalue weighted by Crippen LogP contribution is -2.56. The highest BCUT2D eigenvalue weighted by Gasteiger charge is 2.44. The minimum absolute atomic E-state index is 0.696. The van der Waals surface area contributed by atoms with Crippen molar-refractivity contribution in [2.45, 2.75) is 5.66 Å². The largest absolute Gasteiger partial charge is 0.330 e. The lowest BCUT2D eigenvalue weighted by atomic mass is 9.91. The van der Waals surface area contributed by atoms with Crippen molar-refractivity contribution in [2.75, 3.05) is 7.05 Å². The molecule has 0 atom stereocenters. The fourth-order valence-electron chi connectivity index (χ4n) is 2.73. The van der Waals surface area contributed by atoms with Crippen molar-refractivity contribution in [1.82, 2.24) is 0 Å². The van der Waals surface area contributed by atoms with E-state index in [1.54, 1.807) is 7.05 Å². The molecule has 0 unspecified atom stereocenters. The van der Waals surface area contributed by atoms with Gasteiger partial charge in [0.15, 0.2) is 12.4 Å². The van der Waals surface area contributed by atoms with Crippen molar-refractivity contribution >= 4 is 0 Å². The highest BCUT2D eigenvalue weighted by atomic mass is 15.3. The summed E-state index contributed by atoms with van der Waals surface area (Å²) in [4.78, 5) is 0. The normalized spacial score (nSPS) is 11.7. The quantitative estimate of drug-likeness (QED) is 0.516. The lowest BCUT2D eigenvalue weighted by molar-refractivity contribution is -0.744. The Morgan fingerprint density at radius 3 is 1.59 bits per heavy atom. The van der Waals surface area contributed by atoms with E-state index in [4.69, 9.17) is 0 Å². The SMILES string of the molecule is CN=NC(c1ccccc1)(c1ccccc1)[n+]1ccccc1. The van der Waals surface area contributed by atoms with E-state index in [1.165, 1.54) is 0 Å². The molecular weight excluding hydrogens is 270 g/mol. The first-order chi connectivity index (χ1) is 10.9. The molecule has 0 aliphatic rings. The number of hydrogen-bond acceptors (Lipinski definition) is 2. The number of aromatic nitrogens is 1. The number of pyridine rings is 1. The molecule has 22 heavy (non-hydrogen) atoms. The molecule has 0 aliphatic carbocycles. The van der Waals surface area contributed by atoms with Gasteiger partial charge in [0.05, 0.1) is 11.1 Å². The summed E-state index contributed by atoms with van der Waals surface area (Å²) in [6.45, 7) is 0. The van der Waals surface area contributed by atoms with Crippen molar-refractivity contribution in [3.63, 3.8) is 0 Å². The Balaban J connectivity index is 2.34. The van der Waals surface area contributed by atoms with Crippen molar-refractivity contribution in [1.29, 1.82) is 0 Å². The molecule has 108 valence electrons. The van der Waals surface area contributed by atoms with Crippen molar-refractivity contribution in [3.8, 4) is 0 Å². The van der Waals surface area contributed by atoms with E-state index in [9.17, 15) is 0 Å². The molecule has 1 heterocycles. The second-order valence-electron chi connectivity index (χ2n) is 4.99. The summed E-state index contributed by atoms with van der Waals surface area (Å²) in [5, 5.41) is 8.80. The van der Waals surface area contributed by atoms with Gasteiger partial charge in [-0.05, 0) is 24.3 Å². The Bertz CT molecular complexity index is 641. The number of benzene rings is 2. The van der Waals surface area contributed by atoms with Crippen LogP contribution in [0.4, 0.5) is 0 Å². The van der Waals surface area contributed by atoms with Crippen LogP contribution in [0.3, 0.4) is 0 Å². The van der Waals surface area contributed by atoms with Gasteiger partial charge in [0.25, 0.3) is 0 Å². The summed E-state index contributed by atoms with van der Waals surface area (Å²) < 4.78 is 2.09. The van der Waals surface area contributed by atoms with Crippen LogP contribution in [-0.4, -0.2) is 7.05 Å². The van der Waals surface area contributed by atoms with Gasteiger partial charge in [0.2, 0.25) is 0 Å². The highest BCUT2D eigenvalue weighted by Crippen LogP contribution is 2.30. The van der Waals surface area contributed by atoms with Crippen LogP contribution < -0.4 is 4.57 Å². The topological polar surface area (TPSA) is 28.6 Å². The molecule has 1 aromatic heterocycles. The average Bonchev–Trinajstić information content (AvgIpc) is 2.62. The van der Waals surface area contributed by atoms with E-state index in [1.807, 2.05) is 67.0 Å². The molecule has 0 N–H and O–H groups in total. The molecule has 3 heteroatoms. The monoisotopic (exact) mass is 288 g/mol. The first-order valence-corrected chi connectivity index (χ1v) is 7.27. The molecule has 0 radical (unpaired) electrons. The van der Waals surface area contributed by atoms with E-state index < -0.39 is 5.66 Å². The van der Waals surface area contributed by atoms with Gasteiger partial charge in [-0.1, -0.05) is 42.5 Å². The van der Waals surface area contributed by atoms with Gasteiger partial charge in [-0.15, -0.1) is 5.11 Å². The number of nitrogens with zero attached hydrogens (tertiary/aromatic N) is 3. The molecule has 0 fully saturated rings. The number of rotatable bonds is 4. The van der Waals surface area contributed by atoms with E-state index in [-0.39, 0.29) is 0 Å². The van der Waals surface area contributed by atoms with E-state index in [0.29, 0.717) is 0 Å². The Kier molecular flexibility index (Phi) is 4.05. The zero-order valence-electron chi connectivity index (χ0n) is 12.5. The number of hydrogen-bond donors (Lipinski definition) is 0. The molecule has 0 amide bonds. The molecule has 3 rings (SSSR count). The van der Waals surface area contributed by atoms with Gasteiger partial charge < -0.3 is 0 Å². The van der Waals surface area contributed by atoms with Gasteiger partial charge in [0.1, 0.15) is 0 Å². The molecular formula is C19H18N3+. The molecule has 0 saturated heterocycles. The van der Waals surface area contributed by atoms with Gasteiger partial charge in [-0.3, -0.25) is 0 Å². The Morgan fingerprint density at radius 1 is 0.682 bits per heavy atom. The van der Waals surface area contributed by atoms with Crippen molar-refractivity contribution in [2.24, 2.45) is 10.2 Å². The third kappa shape index (κ3) is 2.42. The van der Waals surface area contributed by atoms with Crippen LogP contribution >= 0.6 is 0 Å². The summed E-state index contributed by atoms with van der Waals surface area (Å²) in [5.74, 6) is 0. The second-order valence-corrected chi connectivity index (χ2v) is 4.99. The zero-order chi connectivity index (χ0) is 15.3. The maximum absolute atomic E-state index is 4.65. The molecule has 2 aromatic carbocycles. The van der Waals surface area contributed by atoms with Crippen LogP contribution in [0, 0.1) is 0 Å². The predicted molar refractivity (Wildman–Crippen MR) is 86.5 cm³/mol. The Hall–Kier alpha value is -2.81. The lowest BCUT2D eigenvalue weighted by Gasteiger charge is -2.24. The van der Waals surface area contributed by atoms with E-state index in [2.05, 4.69) is 39.1 Å². The van der Waals surface area contributed by atoms with Crippen LogP contribution in [0.25, 0.3) is 0 Å². The summed E-state index contributed by atoms with van der Waals surface area (Å²) in [7, 11) is 1.71. The molecule has 0 aliphatic heterocycles. The first-order valence-electron chi connectivity index (χ1n) is 7.27. The Morgan fingerprint density at radius 2 is 1.14 bits per heavy atom. The fourth-order valence-corrected chi connectivity index (χ4v) is 2.73. The summed E-state index contributed by atoms with van der Waals surface area (Å²) >= 11 is 0.